The van der Waals surface area contributed by atoms with Gasteiger partial charge in [0.05, 0.1) is 0 Å². The van der Waals surface area contributed by atoms with E-state index < -0.39 is 10.8 Å². The highest BCUT2D eigenvalue weighted by Gasteiger charge is 2.10. The molecule has 6 nitrogen and oxygen atoms in total. The Morgan fingerprint density at radius 3 is 2.84 bits per heavy atom. The van der Waals surface area contributed by atoms with Crippen LogP contribution in [0.25, 0.3) is 0 Å². The molecule has 0 saturated carbocycles. The number of nitrogen functional groups attached to an aromatic ring is 1. The van der Waals surface area contributed by atoms with Crippen LogP contribution in [-0.4, -0.2) is 33.2 Å². The molecule has 2 atom stereocenters. The van der Waals surface area contributed by atoms with Crippen LogP contribution in [0.1, 0.15) is 23.7 Å². The van der Waals surface area contributed by atoms with Crippen molar-refractivity contribution in [1.82, 2.24) is 10.3 Å². The molecule has 0 aliphatic rings. The number of anilines is 1. The summed E-state index contributed by atoms with van der Waals surface area (Å²) in [6.07, 6.45) is 2.30. The van der Waals surface area contributed by atoms with Crippen molar-refractivity contribution in [1.29, 1.82) is 0 Å². The summed E-state index contributed by atoms with van der Waals surface area (Å²) >= 11 is 5.77. The average Bonchev–Trinajstić information content (AvgIpc) is 2.37. The van der Waals surface area contributed by atoms with Gasteiger partial charge in [-0.05, 0) is 18.6 Å². The Balaban J connectivity index is 2.58. The Hall–Kier alpha value is -1.18. The molecule has 0 aliphatic heterocycles. The van der Waals surface area contributed by atoms with E-state index in [4.69, 9.17) is 17.4 Å². The van der Waals surface area contributed by atoms with Gasteiger partial charge in [0, 0.05) is 34.4 Å². The lowest BCUT2D eigenvalue weighted by Gasteiger charge is -2.10. The molecule has 1 heterocycles. The highest BCUT2D eigenvalue weighted by Crippen LogP contribution is 2.13. The van der Waals surface area contributed by atoms with E-state index in [1.807, 2.05) is 6.92 Å². The van der Waals surface area contributed by atoms with Gasteiger partial charge in [0.1, 0.15) is 11.0 Å². The molecular weight excluding hydrogens is 288 g/mol. The first-order valence-electron chi connectivity index (χ1n) is 5.68. The minimum absolute atomic E-state index is 0.0441. The first-order valence-corrected chi connectivity index (χ1v) is 7.68. The Morgan fingerprint density at radius 2 is 2.26 bits per heavy atom. The van der Waals surface area contributed by atoms with Crippen LogP contribution in [0.15, 0.2) is 12.1 Å². The number of nitrogens with two attached hydrogens (primary N) is 1. The predicted octanol–water partition coefficient (Wildman–Crippen LogP) is 0.908. The number of halogens is 1. The second kappa shape index (κ2) is 7.42. The van der Waals surface area contributed by atoms with Gasteiger partial charge in [0.15, 0.2) is 0 Å². The summed E-state index contributed by atoms with van der Waals surface area (Å²) in [7, 11) is -0.887. The van der Waals surface area contributed by atoms with Crippen LogP contribution in [0, 0.1) is 0 Å². The monoisotopic (exact) mass is 304 g/mol. The zero-order chi connectivity index (χ0) is 14.4. The molecule has 4 N–H and O–H groups in total. The van der Waals surface area contributed by atoms with Crippen molar-refractivity contribution in [2.75, 3.05) is 18.2 Å². The van der Waals surface area contributed by atoms with E-state index in [2.05, 4.69) is 15.7 Å². The molecule has 8 heteroatoms. The molecule has 0 saturated heterocycles. The quantitative estimate of drug-likeness (QED) is 0.412. The third-order valence-electron chi connectivity index (χ3n) is 2.61. The van der Waals surface area contributed by atoms with Crippen molar-refractivity contribution in [2.24, 2.45) is 5.84 Å². The number of carbonyl (C=O) groups excluding carboxylic acids is 1. The van der Waals surface area contributed by atoms with E-state index in [0.717, 1.165) is 0 Å². The minimum atomic E-state index is -0.887. The summed E-state index contributed by atoms with van der Waals surface area (Å²) in [6.45, 7) is 2.33. The zero-order valence-corrected chi connectivity index (χ0v) is 12.3. The molecule has 0 bridgehead atoms. The van der Waals surface area contributed by atoms with Gasteiger partial charge in [-0.1, -0.05) is 18.5 Å². The van der Waals surface area contributed by atoms with E-state index >= 15 is 0 Å². The number of hydrogen-bond donors (Lipinski definition) is 3. The third-order valence-corrected chi connectivity index (χ3v) is 4.17. The molecule has 0 aromatic carbocycles. The molecule has 1 rings (SSSR count). The van der Waals surface area contributed by atoms with Crippen molar-refractivity contribution in [3.63, 3.8) is 0 Å². The summed E-state index contributed by atoms with van der Waals surface area (Å²) in [6, 6.07) is 2.96. The lowest BCUT2D eigenvalue weighted by Crippen LogP contribution is -2.27. The highest BCUT2D eigenvalue weighted by atomic mass is 35.5. The number of hydrogen-bond acceptors (Lipinski definition) is 5. The lowest BCUT2D eigenvalue weighted by atomic mass is 10.2. The number of aromatic nitrogens is 1. The van der Waals surface area contributed by atoms with E-state index in [1.165, 1.54) is 12.1 Å². The van der Waals surface area contributed by atoms with Gasteiger partial charge in [0.25, 0.3) is 5.91 Å². The largest absolute Gasteiger partial charge is 0.352 e. The average molecular weight is 305 g/mol. The Morgan fingerprint density at radius 1 is 1.58 bits per heavy atom. The fourth-order valence-electron chi connectivity index (χ4n) is 1.36. The molecule has 0 spiro atoms. The standard InChI is InChI=1S/C11H17ClN4O2S/c1-7(19(2)18)3-4-14-11(17)8-5-9(12)15-10(6-8)16-13/h5-7H,3-4,13H2,1-2H3,(H,14,17)(H,15,16). The molecule has 1 aromatic rings. The van der Waals surface area contributed by atoms with Crippen LogP contribution in [0.4, 0.5) is 5.82 Å². The van der Waals surface area contributed by atoms with Crippen molar-refractivity contribution in [3.05, 3.63) is 22.8 Å². The first-order chi connectivity index (χ1) is 8.93. The maximum absolute atomic E-state index is 11.9. The summed E-state index contributed by atoms with van der Waals surface area (Å²) in [5.41, 5.74) is 2.71. The van der Waals surface area contributed by atoms with Crippen molar-refractivity contribution in [2.45, 2.75) is 18.6 Å². The molecule has 1 aromatic heterocycles. The van der Waals surface area contributed by atoms with Crippen LogP contribution in [-0.2, 0) is 10.8 Å². The summed E-state index contributed by atoms with van der Waals surface area (Å²) in [5.74, 6) is 5.28. The predicted molar refractivity (Wildman–Crippen MR) is 77.5 cm³/mol. The van der Waals surface area contributed by atoms with Gasteiger partial charge in [-0.25, -0.2) is 10.8 Å². The molecule has 0 aliphatic carbocycles. The number of carbonyl (C=O) groups is 1. The van der Waals surface area contributed by atoms with Crippen LogP contribution in [0.5, 0.6) is 0 Å². The molecule has 0 radical (unpaired) electrons. The smallest absolute Gasteiger partial charge is 0.251 e. The van der Waals surface area contributed by atoms with Crippen molar-refractivity contribution in [3.8, 4) is 0 Å². The summed E-state index contributed by atoms with van der Waals surface area (Å²) in [4.78, 5) is 15.7. The highest BCUT2D eigenvalue weighted by molar-refractivity contribution is 7.84. The van der Waals surface area contributed by atoms with Gasteiger partial charge >= 0.3 is 0 Å². The second-order valence-electron chi connectivity index (χ2n) is 4.06. The fraction of sp³-hybridized carbons (Fsp3) is 0.455. The number of pyridine rings is 1. The Kier molecular flexibility index (Phi) is 6.20. The van der Waals surface area contributed by atoms with E-state index in [0.29, 0.717) is 24.3 Å². The number of amides is 1. The normalized spacial score (nSPS) is 13.7. The number of rotatable bonds is 6. The van der Waals surface area contributed by atoms with Crippen LogP contribution in [0.3, 0.4) is 0 Å². The van der Waals surface area contributed by atoms with E-state index in [9.17, 15) is 9.00 Å². The number of hydrazine groups is 1. The number of nitrogens with one attached hydrogen (secondary N) is 2. The maximum atomic E-state index is 11.9. The molecule has 1 amide bonds. The summed E-state index contributed by atoms with van der Waals surface area (Å²) in [5, 5.41) is 2.96. The molecule has 106 valence electrons. The first kappa shape index (κ1) is 15.9. The van der Waals surface area contributed by atoms with Gasteiger partial charge in [-0.15, -0.1) is 0 Å². The van der Waals surface area contributed by atoms with Crippen LogP contribution in [0.2, 0.25) is 5.15 Å². The molecule has 19 heavy (non-hydrogen) atoms. The summed E-state index contributed by atoms with van der Waals surface area (Å²) < 4.78 is 11.2. The lowest BCUT2D eigenvalue weighted by molar-refractivity contribution is 0.0953. The topological polar surface area (TPSA) is 97.1 Å². The van der Waals surface area contributed by atoms with Gasteiger partial charge in [-0.2, -0.15) is 0 Å². The van der Waals surface area contributed by atoms with E-state index in [1.54, 1.807) is 6.26 Å². The molecule has 2 unspecified atom stereocenters. The van der Waals surface area contributed by atoms with Crippen LogP contribution >= 0.6 is 11.6 Å². The van der Waals surface area contributed by atoms with E-state index in [-0.39, 0.29) is 16.3 Å². The van der Waals surface area contributed by atoms with Gasteiger partial charge in [0.2, 0.25) is 0 Å². The number of nitrogens with zero attached hydrogens (tertiary/aromatic N) is 1. The SMILES string of the molecule is CC(CCNC(=O)c1cc(Cl)nc(NN)c1)S(C)=O. The fourth-order valence-corrected chi connectivity index (χ4v) is 2.02. The molecule has 0 fully saturated rings. The van der Waals surface area contributed by atoms with Crippen molar-refractivity contribution < 1.29 is 9.00 Å². The Bertz CT molecular complexity index is 484. The van der Waals surface area contributed by atoms with Crippen molar-refractivity contribution >= 4 is 34.1 Å². The van der Waals surface area contributed by atoms with Crippen LogP contribution < -0.4 is 16.6 Å². The minimum Gasteiger partial charge on any atom is -0.352 e. The Labute approximate surface area is 119 Å². The third kappa shape index (κ3) is 5.14. The van der Waals surface area contributed by atoms with Gasteiger partial charge in [-0.3, -0.25) is 9.00 Å². The second-order valence-corrected chi connectivity index (χ2v) is 6.25. The molecular formula is C11H17ClN4O2S. The van der Waals surface area contributed by atoms with Gasteiger partial charge < -0.3 is 10.7 Å². The zero-order valence-electron chi connectivity index (χ0n) is 10.8. The maximum Gasteiger partial charge on any atom is 0.251 e.